The second-order valence-corrected chi connectivity index (χ2v) is 4.85. The van der Waals surface area contributed by atoms with Crippen LogP contribution < -0.4 is 5.73 Å². The van der Waals surface area contributed by atoms with Gasteiger partial charge in [0.1, 0.15) is 0 Å². The summed E-state index contributed by atoms with van der Waals surface area (Å²) in [5.41, 5.74) is 9.81. The molecule has 84 valence electrons. The molecule has 2 heteroatoms. The number of fused-ring (bicyclic) bond motifs is 1. The van der Waals surface area contributed by atoms with Crippen LogP contribution in [0.5, 0.6) is 0 Å². The summed E-state index contributed by atoms with van der Waals surface area (Å²) in [6.07, 6.45) is 5.97. The quantitative estimate of drug-likeness (QED) is 0.836. The van der Waals surface area contributed by atoms with Gasteiger partial charge >= 0.3 is 0 Å². The van der Waals surface area contributed by atoms with Gasteiger partial charge in [-0.25, -0.2) is 0 Å². The van der Waals surface area contributed by atoms with E-state index in [4.69, 9.17) is 5.73 Å². The van der Waals surface area contributed by atoms with Gasteiger partial charge in [-0.1, -0.05) is 11.6 Å². The summed E-state index contributed by atoms with van der Waals surface area (Å²) in [4.78, 5) is 0. The zero-order chi connectivity index (χ0) is 11.1. The first kappa shape index (κ1) is 9.91. The molecule has 1 aromatic heterocycles. The van der Waals surface area contributed by atoms with Crippen LogP contribution in [-0.2, 0) is 6.42 Å². The maximum atomic E-state index is 5.68. The molecule has 1 saturated carbocycles. The molecule has 0 spiro atoms. The fourth-order valence-electron chi connectivity index (χ4n) is 2.45. The van der Waals surface area contributed by atoms with Crippen molar-refractivity contribution >= 4 is 10.9 Å². The van der Waals surface area contributed by atoms with Crippen LogP contribution in [-0.4, -0.2) is 11.1 Å². The number of aromatic nitrogens is 1. The van der Waals surface area contributed by atoms with Gasteiger partial charge in [0, 0.05) is 23.1 Å². The third-order valence-corrected chi connectivity index (χ3v) is 3.43. The number of nitrogens with two attached hydrogens (primary N) is 1. The molecule has 2 N–H and O–H groups in total. The third kappa shape index (κ3) is 1.54. The Morgan fingerprint density at radius 1 is 1.38 bits per heavy atom. The molecule has 3 rings (SSSR count). The van der Waals surface area contributed by atoms with E-state index in [0.717, 1.165) is 19.0 Å². The molecule has 16 heavy (non-hydrogen) atoms. The Hall–Kier alpha value is -1.28. The van der Waals surface area contributed by atoms with E-state index in [0.29, 0.717) is 0 Å². The van der Waals surface area contributed by atoms with E-state index in [9.17, 15) is 0 Å². The van der Waals surface area contributed by atoms with Gasteiger partial charge in [0.15, 0.2) is 0 Å². The molecule has 0 saturated heterocycles. The number of hydrogen-bond acceptors (Lipinski definition) is 1. The largest absolute Gasteiger partial charge is 0.344 e. The fraction of sp³-hybridized carbons (Fsp3) is 0.429. The van der Waals surface area contributed by atoms with E-state index in [1.54, 1.807) is 0 Å². The summed E-state index contributed by atoms with van der Waals surface area (Å²) >= 11 is 0. The number of aryl methyl sites for hydroxylation is 1. The molecular weight excluding hydrogens is 196 g/mol. The van der Waals surface area contributed by atoms with Crippen LogP contribution >= 0.6 is 0 Å². The summed E-state index contributed by atoms with van der Waals surface area (Å²) in [6, 6.07) is 7.49. The second-order valence-electron chi connectivity index (χ2n) is 4.85. The maximum absolute atomic E-state index is 5.68. The molecule has 2 aromatic rings. The van der Waals surface area contributed by atoms with Crippen LogP contribution in [0.25, 0.3) is 10.9 Å². The summed E-state index contributed by atoms with van der Waals surface area (Å²) in [5, 5.41) is 1.40. The highest BCUT2D eigenvalue weighted by Gasteiger charge is 2.25. The molecule has 1 aliphatic carbocycles. The van der Waals surface area contributed by atoms with Gasteiger partial charge in [0.25, 0.3) is 0 Å². The van der Waals surface area contributed by atoms with Crippen molar-refractivity contribution in [1.82, 2.24) is 4.57 Å². The highest BCUT2D eigenvalue weighted by atomic mass is 15.0. The molecular formula is C14H18N2. The first-order chi connectivity index (χ1) is 7.79. The van der Waals surface area contributed by atoms with E-state index in [1.807, 2.05) is 0 Å². The first-order valence-electron chi connectivity index (χ1n) is 6.10. The molecule has 0 bridgehead atoms. The SMILES string of the molecule is Cc1ccc2c(c1)c(CCN)cn2C1CC1. The molecule has 1 heterocycles. The highest BCUT2D eigenvalue weighted by Crippen LogP contribution is 2.39. The van der Waals surface area contributed by atoms with Crippen LogP contribution in [0.3, 0.4) is 0 Å². The van der Waals surface area contributed by atoms with Crippen molar-refractivity contribution in [2.45, 2.75) is 32.2 Å². The first-order valence-corrected chi connectivity index (χ1v) is 6.10. The van der Waals surface area contributed by atoms with Crippen LogP contribution in [0.2, 0.25) is 0 Å². The van der Waals surface area contributed by atoms with E-state index in [-0.39, 0.29) is 0 Å². The second kappa shape index (κ2) is 3.63. The highest BCUT2D eigenvalue weighted by molar-refractivity contribution is 5.85. The minimum atomic E-state index is 0.734. The van der Waals surface area contributed by atoms with Crippen molar-refractivity contribution in [1.29, 1.82) is 0 Å². The summed E-state index contributed by atoms with van der Waals surface area (Å²) in [7, 11) is 0. The molecule has 2 nitrogen and oxygen atoms in total. The van der Waals surface area contributed by atoms with Gasteiger partial charge in [-0.05, 0) is 50.4 Å². The monoisotopic (exact) mass is 214 g/mol. The van der Waals surface area contributed by atoms with Crippen LogP contribution in [0, 0.1) is 6.92 Å². The minimum Gasteiger partial charge on any atom is -0.344 e. The Bertz CT molecular complexity index is 521. The Labute approximate surface area is 96.1 Å². The van der Waals surface area contributed by atoms with Crippen molar-refractivity contribution in [2.24, 2.45) is 5.73 Å². The molecule has 0 unspecified atom stereocenters. The van der Waals surface area contributed by atoms with Gasteiger partial charge in [-0.3, -0.25) is 0 Å². The van der Waals surface area contributed by atoms with Gasteiger partial charge in [0.2, 0.25) is 0 Å². The van der Waals surface area contributed by atoms with Crippen molar-refractivity contribution in [3.63, 3.8) is 0 Å². The van der Waals surface area contributed by atoms with E-state index in [1.165, 1.54) is 34.9 Å². The normalized spacial score (nSPS) is 15.9. The van der Waals surface area contributed by atoms with Gasteiger partial charge in [0.05, 0.1) is 0 Å². The summed E-state index contributed by atoms with van der Waals surface area (Å²) in [5.74, 6) is 0. The van der Waals surface area contributed by atoms with Crippen molar-refractivity contribution in [2.75, 3.05) is 6.54 Å². The topological polar surface area (TPSA) is 30.9 Å². The average Bonchev–Trinajstić information content (AvgIpc) is 3.04. The predicted molar refractivity (Wildman–Crippen MR) is 67.7 cm³/mol. The zero-order valence-electron chi connectivity index (χ0n) is 9.74. The van der Waals surface area contributed by atoms with Crippen LogP contribution in [0.4, 0.5) is 0 Å². The molecule has 0 atom stereocenters. The third-order valence-electron chi connectivity index (χ3n) is 3.43. The van der Waals surface area contributed by atoms with Crippen molar-refractivity contribution in [3.05, 3.63) is 35.5 Å². The lowest BCUT2D eigenvalue weighted by atomic mass is 10.1. The summed E-state index contributed by atoms with van der Waals surface area (Å²) < 4.78 is 2.44. The summed E-state index contributed by atoms with van der Waals surface area (Å²) in [6.45, 7) is 2.89. The Balaban J connectivity index is 2.20. The Morgan fingerprint density at radius 2 is 2.19 bits per heavy atom. The number of nitrogens with zero attached hydrogens (tertiary/aromatic N) is 1. The maximum Gasteiger partial charge on any atom is 0.0485 e. The van der Waals surface area contributed by atoms with E-state index in [2.05, 4.69) is 35.9 Å². The smallest absolute Gasteiger partial charge is 0.0485 e. The molecule has 1 aromatic carbocycles. The van der Waals surface area contributed by atoms with Crippen molar-refractivity contribution in [3.8, 4) is 0 Å². The molecule has 0 radical (unpaired) electrons. The standard InChI is InChI=1S/C14H18N2/c1-10-2-5-14-13(8-10)11(6-7-15)9-16(14)12-3-4-12/h2,5,8-9,12H,3-4,6-7,15H2,1H3. The van der Waals surface area contributed by atoms with Gasteiger partial charge in [-0.15, -0.1) is 0 Å². The predicted octanol–water partition coefficient (Wildman–Crippen LogP) is 2.79. The lowest BCUT2D eigenvalue weighted by Crippen LogP contribution is -2.02. The molecule has 1 aliphatic rings. The zero-order valence-corrected chi connectivity index (χ0v) is 9.74. The Morgan fingerprint density at radius 3 is 2.88 bits per heavy atom. The van der Waals surface area contributed by atoms with Crippen molar-refractivity contribution < 1.29 is 0 Å². The Kier molecular flexibility index (Phi) is 2.25. The number of benzene rings is 1. The molecule has 0 aliphatic heterocycles. The van der Waals surface area contributed by atoms with Gasteiger partial charge < -0.3 is 10.3 Å². The van der Waals surface area contributed by atoms with Gasteiger partial charge in [-0.2, -0.15) is 0 Å². The average molecular weight is 214 g/mol. The lowest BCUT2D eigenvalue weighted by molar-refractivity contribution is 0.770. The minimum absolute atomic E-state index is 0.734. The number of rotatable bonds is 3. The number of hydrogen-bond donors (Lipinski definition) is 1. The van der Waals surface area contributed by atoms with E-state index < -0.39 is 0 Å². The van der Waals surface area contributed by atoms with E-state index >= 15 is 0 Å². The lowest BCUT2D eigenvalue weighted by Gasteiger charge is -2.01. The van der Waals surface area contributed by atoms with Crippen LogP contribution in [0.1, 0.15) is 30.0 Å². The fourth-order valence-corrected chi connectivity index (χ4v) is 2.45. The van der Waals surface area contributed by atoms with Crippen LogP contribution in [0.15, 0.2) is 24.4 Å². The molecule has 0 amide bonds. The molecule has 1 fully saturated rings.